The van der Waals surface area contributed by atoms with Gasteiger partial charge in [0, 0.05) is 18.8 Å². The molecule has 0 bridgehead atoms. The van der Waals surface area contributed by atoms with Gasteiger partial charge in [-0.05, 0) is 43.9 Å². The van der Waals surface area contributed by atoms with Crippen molar-refractivity contribution in [2.45, 2.75) is 25.9 Å². The maximum absolute atomic E-state index is 13.0. The summed E-state index contributed by atoms with van der Waals surface area (Å²) in [5.41, 5.74) is 0.471. The first-order valence-electron chi connectivity index (χ1n) is 6.66. The molecule has 1 aromatic rings. The smallest absolute Gasteiger partial charge is 0.321 e. The number of likely N-dealkylation sites (tertiary alicyclic amines) is 1. The Morgan fingerprint density at radius 3 is 2.70 bits per heavy atom. The molecule has 1 aliphatic heterocycles. The van der Waals surface area contributed by atoms with Crippen molar-refractivity contribution in [1.29, 1.82) is 0 Å². The molecule has 1 heterocycles. The molecule has 1 aliphatic rings. The second-order valence-electron chi connectivity index (χ2n) is 5.12. The van der Waals surface area contributed by atoms with Crippen molar-refractivity contribution < 1.29 is 14.3 Å². The van der Waals surface area contributed by atoms with Crippen molar-refractivity contribution in [3.63, 3.8) is 0 Å². The van der Waals surface area contributed by atoms with Gasteiger partial charge in [0.1, 0.15) is 5.82 Å². The number of carbonyl (C=O) groups excluding carboxylic acids is 1. The van der Waals surface area contributed by atoms with Crippen molar-refractivity contribution in [3.05, 3.63) is 29.0 Å². The number of rotatable bonds is 2. The van der Waals surface area contributed by atoms with Gasteiger partial charge in [-0.2, -0.15) is 0 Å². The molecule has 1 atom stereocenters. The van der Waals surface area contributed by atoms with Crippen molar-refractivity contribution in [1.82, 2.24) is 4.90 Å². The minimum Gasteiger partial charge on any atom is -0.393 e. The number of nitrogens with zero attached hydrogens (tertiary/aromatic N) is 1. The van der Waals surface area contributed by atoms with Crippen LogP contribution in [0, 0.1) is 11.7 Å². The van der Waals surface area contributed by atoms with Gasteiger partial charge in [-0.15, -0.1) is 0 Å². The molecule has 0 aliphatic carbocycles. The number of carbonyl (C=O) groups is 1. The fourth-order valence-electron chi connectivity index (χ4n) is 2.36. The molecule has 1 unspecified atom stereocenters. The fraction of sp³-hybridized carbons (Fsp3) is 0.500. The zero-order chi connectivity index (χ0) is 14.7. The van der Waals surface area contributed by atoms with E-state index >= 15 is 0 Å². The summed E-state index contributed by atoms with van der Waals surface area (Å²) in [4.78, 5) is 13.7. The number of urea groups is 1. The van der Waals surface area contributed by atoms with Crippen molar-refractivity contribution in [2.24, 2.45) is 5.92 Å². The molecule has 1 aromatic carbocycles. The van der Waals surface area contributed by atoms with E-state index in [-0.39, 0.29) is 23.1 Å². The standard InChI is InChI=1S/C14H18ClFN2O2/c1-9(19)10-4-6-18(7-5-10)14(20)17-11-2-3-13(16)12(15)8-11/h2-3,8-10,19H,4-7H2,1H3,(H,17,20). The maximum atomic E-state index is 13.0. The highest BCUT2D eigenvalue weighted by Crippen LogP contribution is 2.22. The Labute approximate surface area is 122 Å². The normalized spacial score (nSPS) is 17.9. The number of halogens is 2. The number of nitrogens with one attached hydrogen (secondary N) is 1. The zero-order valence-corrected chi connectivity index (χ0v) is 12.0. The molecule has 2 N–H and O–H groups in total. The second kappa shape index (κ2) is 6.41. The molecule has 2 amide bonds. The lowest BCUT2D eigenvalue weighted by Crippen LogP contribution is -2.42. The lowest BCUT2D eigenvalue weighted by molar-refractivity contribution is 0.0820. The van der Waals surface area contributed by atoms with E-state index in [0.29, 0.717) is 18.8 Å². The summed E-state index contributed by atoms with van der Waals surface area (Å²) >= 11 is 5.67. The Hall–Kier alpha value is -1.33. The van der Waals surface area contributed by atoms with Gasteiger partial charge in [0.25, 0.3) is 0 Å². The first kappa shape index (κ1) is 15.1. The largest absolute Gasteiger partial charge is 0.393 e. The molecule has 110 valence electrons. The number of aliphatic hydroxyl groups excluding tert-OH is 1. The SMILES string of the molecule is CC(O)C1CCN(C(=O)Nc2ccc(F)c(Cl)c2)CC1. The Morgan fingerprint density at radius 2 is 2.15 bits per heavy atom. The summed E-state index contributed by atoms with van der Waals surface area (Å²) in [5.74, 6) is -0.262. The maximum Gasteiger partial charge on any atom is 0.321 e. The van der Waals surface area contributed by atoms with E-state index in [0.717, 1.165) is 12.8 Å². The number of benzene rings is 1. The van der Waals surface area contributed by atoms with Gasteiger partial charge in [0.05, 0.1) is 11.1 Å². The average molecular weight is 301 g/mol. The summed E-state index contributed by atoms with van der Waals surface area (Å²) in [7, 11) is 0. The molecule has 0 radical (unpaired) electrons. The lowest BCUT2D eigenvalue weighted by atomic mass is 9.92. The van der Waals surface area contributed by atoms with Crippen LogP contribution in [0.4, 0.5) is 14.9 Å². The third-order valence-corrected chi connectivity index (χ3v) is 3.97. The molecule has 0 spiro atoms. The predicted octanol–water partition coefficient (Wildman–Crippen LogP) is 3.10. The van der Waals surface area contributed by atoms with Gasteiger partial charge in [0.2, 0.25) is 0 Å². The Balaban J connectivity index is 1.91. The number of anilines is 1. The van der Waals surface area contributed by atoms with E-state index in [1.54, 1.807) is 11.8 Å². The average Bonchev–Trinajstić information content (AvgIpc) is 2.43. The molecular weight excluding hydrogens is 283 g/mol. The van der Waals surface area contributed by atoms with E-state index in [1.165, 1.54) is 18.2 Å². The number of piperidine rings is 1. The van der Waals surface area contributed by atoms with Gasteiger partial charge >= 0.3 is 6.03 Å². The molecule has 0 saturated carbocycles. The van der Waals surface area contributed by atoms with Gasteiger partial charge in [-0.25, -0.2) is 9.18 Å². The van der Waals surface area contributed by atoms with Gasteiger partial charge < -0.3 is 15.3 Å². The van der Waals surface area contributed by atoms with Crippen molar-refractivity contribution >= 4 is 23.3 Å². The first-order chi connectivity index (χ1) is 9.47. The van der Waals surface area contributed by atoms with Crippen LogP contribution in [0.2, 0.25) is 5.02 Å². The molecule has 1 fully saturated rings. The fourth-order valence-corrected chi connectivity index (χ4v) is 2.54. The predicted molar refractivity (Wildman–Crippen MR) is 76.4 cm³/mol. The molecule has 6 heteroatoms. The highest BCUT2D eigenvalue weighted by molar-refractivity contribution is 6.31. The van der Waals surface area contributed by atoms with Crippen LogP contribution in [0.3, 0.4) is 0 Å². The van der Waals surface area contributed by atoms with E-state index in [4.69, 9.17) is 11.6 Å². The third kappa shape index (κ3) is 3.61. The van der Waals surface area contributed by atoms with Crippen LogP contribution in [0.25, 0.3) is 0 Å². The van der Waals surface area contributed by atoms with Crippen molar-refractivity contribution in [3.8, 4) is 0 Å². The third-order valence-electron chi connectivity index (χ3n) is 3.68. The van der Waals surface area contributed by atoms with Crippen LogP contribution in [0.15, 0.2) is 18.2 Å². The van der Waals surface area contributed by atoms with Crippen LogP contribution in [0.1, 0.15) is 19.8 Å². The highest BCUT2D eigenvalue weighted by Gasteiger charge is 2.25. The Kier molecular flexibility index (Phi) is 4.83. The second-order valence-corrected chi connectivity index (χ2v) is 5.53. The van der Waals surface area contributed by atoms with Gasteiger partial charge in [-0.1, -0.05) is 11.6 Å². The van der Waals surface area contributed by atoms with Gasteiger partial charge in [-0.3, -0.25) is 0 Å². The van der Waals surface area contributed by atoms with E-state index in [9.17, 15) is 14.3 Å². The zero-order valence-electron chi connectivity index (χ0n) is 11.3. The number of hydrogen-bond acceptors (Lipinski definition) is 2. The van der Waals surface area contributed by atoms with Crippen molar-refractivity contribution in [2.75, 3.05) is 18.4 Å². The minimum atomic E-state index is -0.512. The van der Waals surface area contributed by atoms with E-state index in [1.807, 2.05) is 0 Å². The summed E-state index contributed by atoms with van der Waals surface area (Å²) in [5, 5.41) is 12.2. The van der Waals surface area contributed by atoms with Gasteiger partial charge in [0.15, 0.2) is 0 Å². The first-order valence-corrected chi connectivity index (χ1v) is 7.04. The molecule has 0 aromatic heterocycles. The summed E-state index contributed by atoms with van der Waals surface area (Å²) in [6.07, 6.45) is 1.24. The Bertz CT molecular complexity index is 488. The minimum absolute atomic E-state index is 0.0180. The van der Waals surface area contributed by atoms with Crippen LogP contribution in [-0.4, -0.2) is 35.2 Å². The van der Waals surface area contributed by atoms with E-state index < -0.39 is 5.82 Å². The summed E-state index contributed by atoms with van der Waals surface area (Å²) in [6, 6.07) is 3.85. The molecular formula is C14H18ClFN2O2. The monoisotopic (exact) mass is 300 g/mol. The van der Waals surface area contributed by atoms with Crippen LogP contribution >= 0.6 is 11.6 Å². The summed E-state index contributed by atoms with van der Waals surface area (Å²) < 4.78 is 13.0. The van der Waals surface area contributed by atoms with Crippen LogP contribution in [0.5, 0.6) is 0 Å². The molecule has 20 heavy (non-hydrogen) atoms. The highest BCUT2D eigenvalue weighted by atomic mass is 35.5. The number of amides is 2. The quantitative estimate of drug-likeness (QED) is 0.882. The van der Waals surface area contributed by atoms with E-state index in [2.05, 4.69) is 5.32 Å². The molecule has 1 saturated heterocycles. The Morgan fingerprint density at radius 1 is 1.50 bits per heavy atom. The molecule has 2 rings (SSSR count). The van der Waals surface area contributed by atoms with Crippen LogP contribution in [-0.2, 0) is 0 Å². The molecule has 4 nitrogen and oxygen atoms in total. The summed E-state index contributed by atoms with van der Waals surface area (Å²) in [6.45, 7) is 2.99. The van der Waals surface area contributed by atoms with Crippen LogP contribution < -0.4 is 5.32 Å². The lowest BCUT2D eigenvalue weighted by Gasteiger charge is -2.33. The number of aliphatic hydroxyl groups is 1. The topological polar surface area (TPSA) is 52.6 Å². The number of hydrogen-bond donors (Lipinski definition) is 2.